The molecule has 1 fully saturated rings. The molecule has 0 aliphatic carbocycles. The highest BCUT2D eigenvalue weighted by Crippen LogP contribution is 2.32. The highest BCUT2D eigenvalue weighted by molar-refractivity contribution is 8.18. The summed E-state index contributed by atoms with van der Waals surface area (Å²) in [6.07, 6.45) is 1.63. The van der Waals surface area contributed by atoms with Crippen molar-refractivity contribution in [1.82, 2.24) is 5.32 Å². The van der Waals surface area contributed by atoms with Crippen LogP contribution in [0.1, 0.15) is 5.76 Å². The van der Waals surface area contributed by atoms with Gasteiger partial charge in [0.15, 0.2) is 5.17 Å². The summed E-state index contributed by atoms with van der Waals surface area (Å²) in [6.45, 7) is 0. The van der Waals surface area contributed by atoms with Gasteiger partial charge in [-0.15, -0.1) is 0 Å². The van der Waals surface area contributed by atoms with Crippen LogP contribution in [0, 0.1) is 5.82 Å². The molecule has 140 valence electrons. The van der Waals surface area contributed by atoms with E-state index in [1.807, 2.05) is 0 Å². The van der Waals surface area contributed by atoms with Crippen LogP contribution in [0.2, 0.25) is 10.0 Å². The second kappa shape index (κ2) is 7.83. The molecule has 1 aromatic heterocycles. The van der Waals surface area contributed by atoms with Crippen LogP contribution >= 0.6 is 35.0 Å². The number of nitrogens with one attached hydrogen (secondary N) is 1. The fraction of sp³-hybridized carbons (Fsp3) is 0. The van der Waals surface area contributed by atoms with Gasteiger partial charge in [-0.05, 0) is 66.4 Å². The lowest BCUT2D eigenvalue weighted by molar-refractivity contribution is -0.115. The summed E-state index contributed by atoms with van der Waals surface area (Å²) in [7, 11) is 0. The lowest BCUT2D eigenvalue weighted by Crippen LogP contribution is -2.19. The summed E-state index contributed by atoms with van der Waals surface area (Å²) in [5.74, 6) is 0.498. The minimum Gasteiger partial charge on any atom is -0.457 e. The molecule has 0 unspecified atom stereocenters. The van der Waals surface area contributed by atoms with Crippen LogP contribution in [-0.2, 0) is 4.79 Å². The van der Waals surface area contributed by atoms with Crippen LogP contribution in [0.15, 0.2) is 68.9 Å². The number of benzene rings is 2. The molecule has 1 saturated heterocycles. The Kier molecular flexibility index (Phi) is 5.26. The molecule has 0 atom stereocenters. The molecule has 1 N–H and O–H groups in total. The van der Waals surface area contributed by atoms with E-state index < -0.39 is 0 Å². The standard InChI is InChI=1S/C20H11Cl2FN2O2S/c21-15-7-1-11(9-16(15)22)17-8-6-14(27-17)10-18-19(26)25-20(28-18)24-13-4-2-12(23)3-5-13/h1-10H,(H,24,25,26)/b18-10+. The minimum atomic E-state index is -0.344. The Bertz CT molecular complexity index is 1120. The zero-order chi connectivity index (χ0) is 19.7. The van der Waals surface area contributed by atoms with Crippen molar-refractivity contribution in [2.45, 2.75) is 0 Å². The van der Waals surface area contributed by atoms with Crippen LogP contribution in [0.4, 0.5) is 10.1 Å². The van der Waals surface area contributed by atoms with Crippen molar-refractivity contribution in [2.24, 2.45) is 4.99 Å². The van der Waals surface area contributed by atoms with E-state index in [1.165, 1.54) is 36.0 Å². The van der Waals surface area contributed by atoms with Crippen molar-refractivity contribution in [3.63, 3.8) is 0 Å². The maximum absolute atomic E-state index is 13.0. The van der Waals surface area contributed by atoms with Gasteiger partial charge < -0.3 is 9.73 Å². The average molecular weight is 433 g/mol. The lowest BCUT2D eigenvalue weighted by Gasteiger charge is -1.99. The number of furan rings is 1. The Labute approximate surface area is 174 Å². The van der Waals surface area contributed by atoms with E-state index in [-0.39, 0.29) is 11.7 Å². The van der Waals surface area contributed by atoms with Gasteiger partial charge in [-0.2, -0.15) is 0 Å². The number of carbonyl (C=O) groups is 1. The largest absolute Gasteiger partial charge is 0.457 e. The fourth-order valence-corrected chi connectivity index (χ4v) is 3.60. The van der Waals surface area contributed by atoms with Gasteiger partial charge >= 0.3 is 0 Å². The summed E-state index contributed by atoms with van der Waals surface area (Å²) in [6, 6.07) is 14.4. The molecule has 2 aromatic carbocycles. The molecular weight excluding hydrogens is 422 g/mol. The molecule has 4 nitrogen and oxygen atoms in total. The van der Waals surface area contributed by atoms with E-state index in [1.54, 1.807) is 36.4 Å². The first-order valence-corrected chi connectivity index (χ1v) is 9.65. The molecule has 1 amide bonds. The smallest absolute Gasteiger partial charge is 0.264 e. The van der Waals surface area contributed by atoms with Gasteiger partial charge in [0.1, 0.15) is 17.3 Å². The quantitative estimate of drug-likeness (QED) is 0.495. The lowest BCUT2D eigenvalue weighted by atomic mass is 10.2. The van der Waals surface area contributed by atoms with Crippen LogP contribution in [0.5, 0.6) is 0 Å². The SMILES string of the molecule is O=C1NC(=Nc2ccc(F)cc2)S/C1=C/c1ccc(-c2ccc(Cl)c(Cl)c2)o1. The van der Waals surface area contributed by atoms with Gasteiger partial charge in [-0.25, -0.2) is 9.38 Å². The predicted molar refractivity (Wildman–Crippen MR) is 111 cm³/mol. The van der Waals surface area contributed by atoms with E-state index in [0.29, 0.717) is 37.3 Å². The first-order valence-electron chi connectivity index (χ1n) is 8.08. The van der Waals surface area contributed by atoms with Gasteiger partial charge in [-0.1, -0.05) is 23.2 Å². The maximum Gasteiger partial charge on any atom is 0.264 e. The molecule has 4 rings (SSSR count). The highest BCUT2D eigenvalue weighted by Gasteiger charge is 2.24. The second-order valence-corrected chi connectivity index (χ2v) is 7.63. The van der Waals surface area contributed by atoms with Crippen molar-refractivity contribution in [1.29, 1.82) is 0 Å². The van der Waals surface area contributed by atoms with Gasteiger partial charge in [0, 0.05) is 11.6 Å². The summed E-state index contributed by atoms with van der Waals surface area (Å²) < 4.78 is 18.8. The number of hydrogen-bond donors (Lipinski definition) is 1. The van der Waals surface area contributed by atoms with Gasteiger partial charge in [0.05, 0.1) is 20.6 Å². The monoisotopic (exact) mass is 432 g/mol. The predicted octanol–water partition coefficient (Wildman–Crippen LogP) is 6.28. The fourth-order valence-electron chi connectivity index (χ4n) is 2.48. The summed E-state index contributed by atoms with van der Waals surface area (Å²) in [5, 5.41) is 3.99. The first kappa shape index (κ1) is 18.8. The van der Waals surface area contributed by atoms with Crippen molar-refractivity contribution in [3.05, 3.63) is 81.1 Å². The third kappa shape index (κ3) is 4.14. The topological polar surface area (TPSA) is 54.6 Å². The van der Waals surface area contributed by atoms with Crippen molar-refractivity contribution in [2.75, 3.05) is 0 Å². The number of amides is 1. The molecule has 1 aliphatic rings. The Morgan fingerprint density at radius 2 is 1.82 bits per heavy atom. The van der Waals surface area contributed by atoms with E-state index in [4.69, 9.17) is 27.6 Å². The number of halogens is 3. The summed E-state index contributed by atoms with van der Waals surface area (Å²) in [5.41, 5.74) is 1.33. The van der Waals surface area contributed by atoms with Crippen LogP contribution < -0.4 is 5.32 Å². The molecule has 3 aromatic rings. The maximum atomic E-state index is 13.0. The van der Waals surface area contributed by atoms with Gasteiger partial charge in [0.2, 0.25) is 0 Å². The highest BCUT2D eigenvalue weighted by atomic mass is 35.5. The average Bonchev–Trinajstić information content (AvgIpc) is 3.27. The third-order valence-corrected chi connectivity index (χ3v) is 5.46. The number of hydrogen-bond acceptors (Lipinski definition) is 4. The van der Waals surface area contributed by atoms with Crippen molar-refractivity contribution < 1.29 is 13.6 Å². The molecule has 28 heavy (non-hydrogen) atoms. The van der Waals surface area contributed by atoms with Crippen molar-refractivity contribution in [3.8, 4) is 11.3 Å². The normalized spacial score (nSPS) is 16.8. The molecule has 2 heterocycles. The number of amidine groups is 1. The molecule has 0 radical (unpaired) electrons. The van der Waals surface area contributed by atoms with E-state index in [9.17, 15) is 9.18 Å². The zero-order valence-corrected chi connectivity index (χ0v) is 16.4. The Balaban J connectivity index is 1.54. The first-order chi connectivity index (χ1) is 13.5. The van der Waals surface area contributed by atoms with E-state index >= 15 is 0 Å². The Morgan fingerprint density at radius 3 is 2.57 bits per heavy atom. The number of rotatable bonds is 3. The number of aliphatic imine (C=N–C) groups is 1. The number of nitrogens with zero attached hydrogens (tertiary/aromatic N) is 1. The summed E-state index contributed by atoms with van der Waals surface area (Å²) >= 11 is 13.2. The van der Waals surface area contributed by atoms with Crippen LogP contribution in [0.25, 0.3) is 17.4 Å². The zero-order valence-electron chi connectivity index (χ0n) is 14.1. The summed E-state index contributed by atoms with van der Waals surface area (Å²) in [4.78, 5) is 16.9. The van der Waals surface area contributed by atoms with E-state index in [2.05, 4.69) is 10.3 Å². The van der Waals surface area contributed by atoms with Crippen molar-refractivity contribution >= 4 is 57.8 Å². The minimum absolute atomic E-state index is 0.279. The molecule has 8 heteroatoms. The van der Waals surface area contributed by atoms with Gasteiger partial charge in [0.25, 0.3) is 5.91 Å². The molecule has 0 spiro atoms. The molecule has 0 bridgehead atoms. The second-order valence-electron chi connectivity index (χ2n) is 5.79. The van der Waals surface area contributed by atoms with Gasteiger partial charge in [-0.3, -0.25) is 4.79 Å². The van der Waals surface area contributed by atoms with Crippen LogP contribution in [0.3, 0.4) is 0 Å². The van der Waals surface area contributed by atoms with Crippen LogP contribution in [-0.4, -0.2) is 11.1 Å². The Morgan fingerprint density at radius 1 is 1.04 bits per heavy atom. The molecule has 0 saturated carbocycles. The Hall–Kier alpha value is -2.54. The third-order valence-electron chi connectivity index (χ3n) is 3.81. The number of thioether (sulfide) groups is 1. The molecule has 1 aliphatic heterocycles. The number of carbonyl (C=O) groups excluding carboxylic acids is 1. The molecular formula is C20H11Cl2FN2O2S. The van der Waals surface area contributed by atoms with E-state index in [0.717, 1.165) is 5.56 Å².